The molecular weight excluding hydrogens is 328 g/mol. The van der Waals surface area contributed by atoms with E-state index >= 15 is 0 Å². The molecule has 2 aromatic rings. The van der Waals surface area contributed by atoms with Crippen LogP contribution in [-0.2, 0) is 0 Å². The molecule has 1 aliphatic heterocycles. The lowest BCUT2D eigenvalue weighted by Crippen LogP contribution is -2.36. The SMILES string of the molecule is O=C(c1nccc2ccccc12)N1CCCC1CCCBr. The van der Waals surface area contributed by atoms with Crippen molar-refractivity contribution in [3.05, 3.63) is 42.2 Å². The third-order valence-electron chi connectivity index (χ3n) is 4.19. The molecule has 0 saturated carbocycles. The second-order valence-electron chi connectivity index (χ2n) is 5.51. The molecule has 21 heavy (non-hydrogen) atoms. The summed E-state index contributed by atoms with van der Waals surface area (Å²) in [6, 6.07) is 10.3. The van der Waals surface area contributed by atoms with Crippen LogP contribution in [0.25, 0.3) is 10.8 Å². The molecule has 4 heteroatoms. The molecule has 1 aromatic heterocycles. The second-order valence-corrected chi connectivity index (χ2v) is 6.30. The summed E-state index contributed by atoms with van der Waals surface area (Å²) in [7, 11) is 0. The number of likely N-dealkylation sites (tertiary alicyclic amines) is 1. The van der Waals surface area contributed by atoms with Gasteiger partial charge in [-0.15, -0.1) is 0 Å². The van der Waals surface area contributed by atoms with E-state index in [1.54, 1.807) is 6.20 Å². The van der Waals surface area contributed by atoms with Crippen molar-refractivity contribution in [2.75, 3.05) is 11.9 Å². The molecule has 2 heterocycles. The molecule has 3 nitrogen and oxygen atoms in total. The van der Waals surface area contributed by atoms with Crippen molar-refractivity contribution >= 4 is 32.6 Å². The number of alkyl halides is 1. The van der Waals surface area contributed by atoms with Gasteiger partial charge in [0.15, 0.2) is 0 Å². The predicted octanol–water partition coefficient (Wildman–Crippen LogP) is 4.01. The number of benzene rings is 1. The highest BCUT2D eigenvalue weighted by Gasteiger charge is 2.30. The number of carbonyl (C=O) groups excluding carboxylic acids is 1. The lowest BCUT2D eigenvalue weighted by atomic mass is 10.1. The summed E-state index contributed by atoms with van der Waals surface area (Å²) in [5, 5.41) is 3.03. The van der Waals surface area contributed by atoms with Crippen LogP contribution in [-0.4, -0.2) is 33.7 Å². The number of amides is 1. The Hall–Kier alpha value is -1.42. The summed E-state index contributed by atoms with van der Waals surface area (Å²) in [5.74, 6) is 0.0869. The Morgan fingerprint density at radius 3 is 3.05 bits per heavy atom. The fourth-order valence-corrected chi connectivity index (χ4v) is 3.47. The van der Waals surface area contributed by atoms with E-state index in [0.717, 1.165) is 48.3 Å². The maximum Gasteiger partial charge on any atom is 0.273 e. The van der Waals surface area contributed by atoms with Crippen LogP contribution in [0.4, 0.5) is 0 Å². The predicted molar refractivity (Wildman–Crippen MR) is 88.8 cm³/mol. The molecule has 1 unspecified atom stereocenters. The summed E-state index contributed by atoms with van der Waals surface area (Å²) in [4.78, 5) is 19.3. The number of nitrogens with zero attached hydrogens (tertiary/aromatic N) is 2. The molecule has 0 N–H and O–H groups in total. The lowest BCUT2D eigenvalue weighted by molar-refractivity contribution is 0.0726. The average molecular weight is 347 g/mol. The van der Waals surface area contributed by atoms with Crippen LogP contribution in [0.2, 0.25) is 0 Å². The number of hydrogen-bond donors (Lipinski definition) is 0. The summed E-state index contributed by atoms with van der Waals surface area (Å²) in [5.41, 5.74) is 0.596. The maximum atomic E-state index is 12.9. The Balaban J connectivity index is 1.89. The van der Waals surface area contributed by atoms with Gasteiger partial charge in [0.2, 0.25) is 0 Å². The van der Waals surface area contributed by atoms with E-state index in [0.29, 0.717) is 11.7 Å². The number of rotatable bonds is 4. The van der Waals surface area contributed by atoms with Gasteiger partial charge in [0.25, 0.3) is 5.91 Å². The molecule has 0 aliphatic carbocycles. The third kappa shape index (κ3) is 2.95. The largest absolute Gasteiger partial charge is 0.334 e. The summed E-state index contributed by atoms with van der Waals surface area (Å²) < 4.78 is 0. The van der Waals surface area contributed by atoms with Gasteiger partial charge < -0.3 is 4.90 Å². The molecule has 110 valence electrons. The average Bonchev–Trinajstić information content (AvgIpc) is 3.00. The van der Waals surface area contributed by atoms with E-state index in [1.807, 2.05) is 35.2 Å². The van der Waals surface area contributed by atoms with Crippen LogP contribution in [0.5, 0.6) is 0 Å². The minimum absolute atomic E-state index is 0.0869. The fraction of sp³-hybridized carbons (Fsp3) is 0.412. The normalized spacial score (nSPS) is 18.3. The number of hydrogen-bond acceptors (Lipinski definition) is 2. The van der Waals surface area contributed by atoms with E-state index in [4.69, 9.17) is 0 Å². The van der Waals surface area contributed by atoms with Crippen molar-refractivity contribution in [2.45, 2.75) is 31.7 Å². The fourth-order valence-electron chi connectivity index (χ4n) is 3.14. The second kappa shape index (κ2) is 6.56. The Kier molecular flexibility index (Phi) is 4.54. The molecule has 0 spiro atoms. The molecule has 1 fully saturated rings. The molecule has 1 saturated heterocycles. The van der Waals surface area contributed by atoms with Gasteiger partial charge in [0.1, 0.15) is 5.69 Å². The van der Waals surface area contributed by atoms with Gasteiger partial charge in [0, 0.05) is 29.5 Å². The van der Waals surface area contributed by atoms with Gasteiger partial charge in [-0.05, 0) is 37.1 Å². The number of halogens is 1. The molecule has 1 aliphatic rings. The topological polar surface area (TPSA) is 33.2 Å². The number of fused-ring (bicyclic) bond motifs is 1. The van der Waals surface area contributed by atoms with Crippen molar-refractivity contribution < 1.29 is 4.79 Å². The van der Waals surface area contributed by atoms with Gasteiger partial charge >= 0.3 is 0 Å². The molecule has 1 amide bonds. The Bertz CT molecular complexity index is 638. The molecule has 1 aromatic carbocycles. The summed E-state index contributed by atoms with van der Waals surface area (Å²) in [6.45, 7) is 0.858. The smallest absolute Gasteiger partial charge is 0.273 e. The highest BCUT2D eigenvalue weighted by Crippen LogP contribution is 2.25. The van der Waals surface area contributed by atoms with E-state index in [9.17, 15) is 4.79 Å². The minimum atomic E-state index is 0.0869. The monoisotopic (exact) mass is 346 g/mol. The number of aromatic nitrogens is 1. The maximum absolute atomic E-state index is 12.9. The van der Waals surface area contributed by atoms with Gasteiger partial charge in [0.05, 0.1) is 0 Å². The molecule has 3 rings (SSSR count). The van der Waals surface area contributed by atoms with Crippen LogP contribution < -0.4 is 0 Å². The van der Waals surface area contributed by atoms with Crippen molar-refractivity contribution in [2.24, 2.45) is 0 Å². The minimum Gasteiger partial charge on any atom is -0.334 e. The molecule has 1 atom stereocenters. The van der Waals surface area contributed by atoms with Crippen molar-refractivity contribution in [1.82, 2.24) is 9.88 Å². The Morgan fingerprint density at radius 1 is 1.33 bits per heavy atom. The molecule has 0 radical (unpaired) electrons. The van der Waals surface area contributed by atoms with Crippen molar-refractivity contribution in [1.29, 1.82) is 0 Å². The van der Waals surface area contributed by atoms with E-state index in [2.05, 4.69) is 20.9 Å². The van der Waals surface area contributed by atoms with Crippen LogP contribution >= 0.6 is 15.9 Å². The van der Waals surface area contributed by atoms with Gasteiger partial charge in [-0.1, -0.05) is 40.2 Å². The van der Waals surface area contributed by atoms with Gasteiger partial charge in [-0.25, -0.2) is 0 Å². The Labute approximate surface area is 133 Å². The van der Waals surface area contributed by atoms with E-state index < -0.39 is 0 Å². The van der Waals surface area contributed by atoms with E-state index in [-0.39, 0.29) is 5.91 Å². The Morgan fingerprint density at radius 2 is 2.19 bits per heavy atom. The summed E-state index contributed by atoms with van der Waals surface area (Å²) >= 11 is 3.48. The first kappa shape index (κ1) is 14.5. The number of carbonyl (C=O) groups is 1. The zero-order chi connectivity index (χ0) is 14.7. The third-order valence-corrected chi connectivity index (χ3v) is 4.75. The highest BCUT2D eigenvalue weighted by atomic mass is 79.9. The standard InChI is InChI=1S/C17H19BrN2O/c18-10-3-6-14-7-4-12-20(14)17(21)16-15-8-2-1-5-13(15)9-11-19-16/h1-2,5,8-9,11,14H,3-4,6-7,10,12H2. The van der Waals surface area contributed by atoms with Crippen LogP contribution in [0.15, 0.2) is 36.5 Å². The first-order valence-corrected chi connectivity index (χ1v) is 8.64. The molecular formula is C17H19BrN2O. The first-order chi connectivity index (χ1) is 10.3. The van der Waals surface area contributed by atoms with Crippen LogP contribution in [0, 0.1) is 0 Å². The van der Waals surface area contributed by atoms with E-state index in [1.165, 1.54) is 0 Å². The van der Waals surface area contributed by atoms with Gasteiger partial charge in [-0.3, -0.25) is 9.78 Å². The van der Waals surface area contributed by atoms with Crippen molar-refractivity contribution in [3.8, 4) is 0 Å². The zero-order valence-corrected chi connectivity index (χ0v) is 13.6. The zero-order valence-electron chi connectivity index (χ0n) is 12.0. The quantitative estimate of drug-likeness (QED) is 0.783. The highest BCUT2D eigenvalue weighted by molar-refractivity contribution is 9.09. The summed E-state index contributed by atoms with van der Waals surface area (Å²) in [6.07, 6.45) is 6.13. The van der Waals surface area contributed by atoms with Crippen LogP contribution in [0.1, 0.15) is 36.2 Å². The first-order valence-electron chi connectivity index (χ1n) is 7.52. The van der Waals surface area contributed by atoms with Crippen LogP contribution in [0.3, 0.4) is 0 Å². The number of pyridine rings is 1. The lowest BCUT2D eigenvalue weighted by Gasteiger charge is -2.24. The van der Waals surface area contributed by atoms with Gasteiger partial charge in [-0.2, -0.15) is 0 Å². The van der Waals surface area contributed by atoms with Crippen molar-refractivity contribution in [3.63, 3.8) is 0 Å². The molecule has 0 bridgehead atoms.